The Balaban J connectivity index is 1.91. The molecule has 1 aliphatic carbocycles. The molecule has 5 nitrogen and oxygen atoms in total. The van der Waals surface area contributed by atoms with Gasteiger partial charge in [-0.15, -0.1) is 0 Å². The maximum Gasteiger partial charge on any atom is 0.257 e. The summed E-state index contributed by atoms with van der Waals surface area (Å²) in [6, 6.07) is 1.76. The number of hydrogen-bond acceptors (Lipinski definition) is 4. The standard InChI is InChI=1S/C16H26N2O3/c1-15(2,3)12-9-13(18-21-12)17-14(19)16(4,5)20-10-11-7-6-8-11/h9,11H,6-8,10H2,1-5H3,(H,17,18,19). The van der Waals surface area contributed by atoms with Gasteiger partial charge in [0.15, 0.2) is 5.82 Å². The zero-order valence-electron chi connectivity index (χ0n) is 13.7. The maximum absolute atomic E-state index is 12.3. The summed E-state index contributed by atoms with van der Waals surface area (Å²) in [4.78, 5) is 12.3. The Hall–Kier alpha value is -1.36. The highest BCUT2D eigenvalue weighted by Crippen LogP contribution is 2.28. The molecule has 1 fully saturated rings. The quantitative estimate of drug-likeness (QED) is 0.902. The van der Waals surface area contributed by atoms with Gasteiger partial charge in [-0.25, -0.2) is 0 Å². The molecular formula is C16H26N2O3. The molecule has 1 aromatic heterocycles. The summed E-state index contributed by atoms with van der Waals surface area (Å²) in [5.74, 6) is 1.59. The topological polar surface area (TPSA) is 64.4 Å². The molecule has 0 aromatic carbocycles. The number of carbonyl (C=O) groups is 1. The van der Waals surface area contributed by atoms with Crippen molar-refractivity contribution >= 4 is 11.7 Å². The largest absolute Gasteiger partial charge is 0.365 e. The maximum atomic E-state index is 12.3. The SMILES string of the molecule is CC(C)(OCC1CCC1)C(=O)Nc1cc(C(C)(C)C)on1. The zero-order chi connectivity index (χ0) is 15.7. The third-order valence-corrected chi connectivity index (χ3v) is 3.94. The molecule has 0 spiro atoms. The van der Waals surface area contributed by atoms with Gasteiger partial charge in [-0.1, -0.05) is 32.3 Å². The minimum absolute atomic E-state index is 0.133. The van der Waals surface area contributed by atoms with Crippen molar-refractivity contribution in [2.75, 3.05) is 11.9 Å². The number of anilines is 1. The highest BCUT2D eigenvalue weighted by molar-refractivity contribution is 5.95. The number of hydrogen-bond donors (Lipinski definition) is 1. The van der Waals surface area contributed by atoms with E-state index in [0.717, 1.165) is 5.76 Å². The number of aromatic nitrogens is 1. The number of rotatable bonds is 5. The van der Waals surface area contributed by atoms with Crippen molar-refractivity contribution < 1.29 is 14.1 Å². The van der Waals surface area contributed by atoms with Crippen LogP contribution in [0, 0.1) is 5.92 Å². The van der Waals surface area contributed by atoms with Crippen LogP contribution in [0.1, 0.15) is 59.6 Å². The van der Waals surface area contributed by atoms with Crippen molar-refractivity contribution in [2.24, 2.45) is 5.92 Å². The molecule has 1 aliphatic rings. The van der Waals surface area contributed by atoms with E-state index in [9.17, 15) is 4.79 Å². The van der Waals surface area contributed by atoms with Crippen LogP contribution < -0.4 is 5.32 Å². The van der Waals surface area contributed by atoms with Gasteiger partial charge in [-0.2, -0.15) is 0 Å². The molecule has 0 aliphatic heterocycles. The molecule has 2 rings (SSSR count). The average Bonchev–Trinajstić information content (AvgIpc) is 2.74. The van der Waals surface area contributed by atoms with Gasteiger partial charge in [-0.3, -0.25) is 4.79 Å². The lowest BCUT2D eigenvalue weighted by Gasteiger charge is -2.30. The lowest BCUT2D eigenvalue weighted by molar-refractivity contribution is -0.139. The summed E-state index contributed by atoms with van der Waals surface area (Å²) in [5, 5.41) is 6.66. The number of nitrogens with one attached hydrogen (secondary N) is 1. The summed E-state index contributed by atoms with van der Waals surface area (Å²) in [6.07, 6.45) is 3.68. The molecule has 118 valence electrons. The van der Waals surface area contributed by atoms with Crippen LogP contribution in [-0.4, -0.2) is 23.3 Å². The van der Waals surface area contributed by atoms with Crippen LogP contribution in [0.15, 0.2) is 10.6 Å². The molecule has 1 amide bonds. The van der Waals surface area contributed by atoms with Crippen LogP contribution in [0.3, 0.4) is 0 Å². The minimum Gasteiger partial charge on any atom is -0.365 e. The first-order chi connectivity index (χ1) is 9.68. The summed E-state index contributed by atoms with van der Waals surface area (Å²) >= 11 is 0. The first-order valence-corrected chi connectivity index (χ1v) is 7.61. The van der Waals surface area contributed by atoms with E-state index in [1.165, 1.54) is 19.3 Å². The van der Waals surface area contributed by atoms with Crippen molar-refractivity contribution in [3.8, 4) is 0 Å². The van der Waals surface area contributed by atoms with Crippen molar-refractivity contribution in [2.45, 2.75) is 64.9 Å². The van der Waals surface area contributed by atoms with Crippen LogP contribution in [0.25, 0.3) is 0 Å². The Morgan fingerprint density at radius 3 is 2.52 bits per heavy atom. The molecule has 1 heterocycles. The summed E-state index contributed by atoms with van der Waals surface area (Å²) in [5.41, 5.74) is -0.997. The van der Waals surface area contributed by atoms with Gasteiger partial charge >= 0.3 is 0 Å². The Morgan fingerprint density at radius 2 is 2.05 bits per heavy atom. The van der Waals surface area contributed by atoms with Crippen molar-refractivity contribution in [1.82, 2.24) is 5.16 Å². The molecule has 0 unspecified atom stereocenters. The highest BCUT2D eigenvalue weighted by Gasteiger charge is 2.31. The molecule has 0 saturated heterocycles. The number of amides is 1. The Kier molecular flexibility index (Phi) is 4.42. The summed E-state index contributed by atoms with van der Waals surface area (Å²) in [6.45, 7) is 10.3. The van der Waals surface area contributed by atoms with E-state index >= 15 is 0 Å². The number of carbonyl (C=O) groups excluding carboxylic acids is 1. The molecule has 1 saturated carbocycles. The second-order valence-electron chi connectivity index (χ2n) is 7.40. The third-order valence-electron chi connectivity index (χ3n) is 3.94. The molecule has 1 N–H and O–H groups in total. The summed E-state index contributed by atoms with van der Waals surface area (Å²) in [7, 11) is 0. The Morgan fingerprint density at radius 1 is 1.38 bits per heavy atom. The van der Waals surface area contributed by atoms with Crippen LogP contribution in [0.4, 0.5) is 5.82 Å². The van der Waals surface area contributed by atoms with Crippen molar-refractivity contribution in [3.05, 3.63) is 11.8 Å². The van der Waals surface area contributed by atoms with Crippen LogP contribution in [0.2, 0.25) is 0 Å². The molecule has 1 aromatic rings. The smallest absolute Gasteiger partial charge is 0.257 e. The molecule has 0 bridgehead atoms. The Bertz CT molecular complexity index is 496. The molecule has 21 heavy (non-hydrogen) atoms. The monoisotopic (exact) mass is 294 g/mol. The van der Waals surface area contributed by atoms with Crippen LogP contribution >= 0.6 is 0 Å². The predicted molar refractivity (Wildman–Crippen MR) is 81.2 cm³/mol. The van der Waals surface area contributed by atoms with Gasteiger partial charge < -0.3 is 14.6 Å². The zero-order valence-corrected chi connectivity index (χ0v) is 13.7. The highest BCUT2D eigenvalue weighted by atomic mass is 16.5. The van der Waals surface area contributed by atoms with Crippen molar-refractivity contribution in [3.63, 3.8) is 0 Å². The fourth-order valence-corrected chi connectivity index (χ4v) is 2.01. The third kappa shape index (κ3) is 4.06. The van der Waals surface area contributed by atoms with Gasteiger partial charge in [0, 0.05) is 11.5 Å². The van der Waals surface area contributed by atoms with E-state index in [4.69, 9.17) is 9.26 Å². The molecule has 5 heteroatoms. The van der Waals surface area contributed by atoms with E-state index in [2.05, 4.69) is 10.5 Å². The first kappa shape index (κ1) is 16.0. The Labute approximate surface area is 126 Å². The average molecular weight is 294 g/mol. The lowest BCUT2D eigenvalue weighted by Crippen LogP contribution is -2.41. The van der Waals surface area contributed by atoms with Gasteiger partial charge in [0.1, 0.15) is 11.4 Å². The van der Waals surface area contributed by atoms with E-state index in [-0.39, 0.29) is 11.3 Å². The second kappa shape index (κ2) is 5.79. The fourth-order valence-electron chi connectivity index (χ4n) is 2.01. The van der Waals surface area contributed by atoms with Gasteiger partial charge in [0.25, 0.3) is 5.91 Å². The molecule has 0 atom stereocenters. The minimum atomic E-state index is -0.865. The summed E-state index contributed by atoms with van der Waals surface area (Å²) < 4.78 is 11.0. The fraction of sp³-hybridized carbons (Fsp3) is 0.750. The normalized spacial score (nSPS) is 16.6. The van der Waals surface area contributed by atoms with Gasteiger partial charge in [-0.05, 0) is 32.6 Å². The predicted octanol–water partition coefficient (Wildman–Crippen LogP) is 3.51. The van der Waals surface area contributed by atoms with Crippen LogP contribution in [-0.2, 0) is 14.9 Å². The molecule has 0 radical (unpaired) electrons. The van der Waals surface area contributed by atoms with E-state index in [1.807, 2.05) is 20.8 Å². The van der Waals surface area contributed by atoms with E-state index < -0.39 is 5.60 Å². The van der Waals surface area contributed by atoms with Gasteiger partial charge in [0.2, 0.25) is 0 Å². The lowest BCUT2D eigenvalue weighted by atomic mass is 9.86. The van der Waals surface area contributed by atoms with Crippen molar-refractivity contribution in [1.29, 1.82) is 0 Å². The number of ether oxygens (including phenoxy) is 1. The van der Waals surface area contributed by atoms with Crippen LogP contribution in [0.5, 0.6) is 0 Å². The number of nitrogens with zero attached hydrogens (tertiary/aromatic N) is 1. The second-order valence-corrected chi connectivity index (χ2v) is 7.40. The van der Waals surface area contributed by atoms with E-state index in [1.54, 1.807) is 19.9 Å². The van der Waals surface area contributed by atoms with E-state index in [0.29, 0.717) is 18.3 Å². The first-order valence-electron chi connectivity index (χ1n) is 7.61. The molecular weight excluding hydrogens is 268 g/mol. The van der Waals surface area contributed by atoms with Gasteiger partial charge in [0.05, 0.1) is 6.61 Å².